The largest absolute Gasteiger partial charge is 0.464 e. The molecule has 0 aliphatic rings. The normalized spacial score (nSPS) is 11.4. The predicted octanol–water partition coefficient (Wildman–Crippen LogP) is 0.679. The average molecular weight is 205 g/mol. The molecule has 1 aromatic heterocycles. The minimum atomic E-state index is -0.838. The van der Waals surface area contributed by atoms with Gasteiger partial charge in [0.25, 0.3) is 0 Å². The number of carbonyl (C=O) groups excluding carboxylic acids is 1. The predicted molar refractivity (Wildman–Crippen MR) is 41.9 cm³/mol. The maximum Gasteiger partial charge on any atom is 0.364 e. The van der Waals surface area contributed by atoms with Crippen molar-refractivity contribution in [1.82, 2.24) is 5.16 Å². The fourth-order valence-electron chi connectivity index (χ4n) is 0.653. The molecule has 0 atom stereocenters. The quantitative estimate of drug-likeness (QED) is 0.331. The van der Waals surface area contributed by atoms with Crippen molar-refractivity contribution in [3.05, 3.63) is 17.0 Å². The highest BCUT2D eigenvalue weighted by molar-refractivity contribution is 6.42. The first kappa shape index (κ1) is 9.53. The van der Waals surface area contributed by atoms with Crippen molar-refractivity contribution in [2.75, 3.05) is 7.11 Å². The average Bonchev–Trinajstić information content (AvgIpc) is 2.53. The van der Waals surface area contributed by atoms with Crippen molar-refractivity contribution in [3.8, 4) is 0 Å². The lowest BCUT2D eigenvalue weighted by molar-refractivity contribution is -0.132. The van der Waals surface area contributed by atoms with Gasteiger partial charge in [0.1, 0.15) is 0 Å². The Morgan fingerprint density at radius 3 is 2.92 bits per heavy atom. The van der Waals surface area contributed by atoms with E-state index < -0.39 is 5.97 Å². The van der Waals surface area contributed by atoms with E-state index in [9.17, 15) is 4.79 Å². The van der Waals surface area contributed by atoms with Crippen LogP contribution >= 0.6 is 11.6 Å². The van der Waals surface area contributed by atoms with Gasteiger partial charge in [0, 0.05) is 6.07 Å². The van der Waals surface area contributed by atoms with E-state index in [-0.39, 0.29) is 16.6 Å². The number of carbonyl (C=O) groups is 1. The lowest BCUT2D eigenvalue weighted by Crippen LogP contribution is -2.16. The van der Waals surface area contributed by atoms with E-state index in [1.165, 1.54) is 6.07 Å². The first-order chi connectivity index (χ1) is 6.19. The number of methoxy groups -OCH3 is 1. The molecule has 1 aromatic rings. The zero-order valence-corrected chi connectivity index (χ0v) is 7.28. The first-order valence-corrected chi connectivity index (χ1v) is 3.49. The topological polar surface area (TPSA) is 84.9 Å². The van der Waals surface area contributed by atoms with Crippen LogP contribution in [0.25, 0.3) is 0 Å². The molecule has 6 nitrogen and oxygen atoms in total. The van der Waals surface area contributed by atoms with Crippen LogP contribution < -0.4 is 0 Å². The van der Waals surface area contributed by atoms with Crippen LogP contribution in [0.5, 0.6) is 0 Å². The van der Waals surface area contributed by atoms with E-state index in [4.69, 9.17) is 16.8 Å². The van der Waals surface area contributed by atoms with Gasteiger partial charge in [0.2, 0.25) is 5.71 Å². The molecular formula is C6H5ClN2O4. The van der Waals surface area contributed by atoms with E-state index in [0.717, 1.165) is 7.11 Å². The van der Waals surface area contributed by atoms with E-state index in [1.807, 2.05) is 0 Å². The summed E-state index contributed by atoms with van der Waals surface area (Å²) in [5.74, 6) is -0.894. The number of nitrogens with zero attached hydrogens (tertiary/aromatic N) is 2. The summed E-state index contributed by atoms with van der Waals surface area (Å²) >= 11 is 5.42. The maximum absolute atomic E-state index is 10.9. The van der Waals surface area contributed by atoms with Crippen LogP contribution in [0.1, 0.15) is 5.76 Å². The summed E-state index contributed by atoms with van der Waals surface area (Å²) in [4.78, 5) is 10.9. The van der Waals surface area contributed by atoms with Gasteiger partial charge in [-0.2, -0.15) is 0 Å². The Hall–Kier alpha value is -1.56. The highest BCUT2D eigenvalue weighted by Gasteiger charge is 2.20. The zero-order chi connectivity index (χ0) is 9.84. The molecule has 1 heterocycles. The van der Waals surface area contributed by atoms with Gasteiger partial charge in [0.05, 0.1) is 7.11 Å². The fraction of sp³-hybridized carbons (Fsp3) is 0.167. The summed E-state index contributed by atoms with van der Waals surface area (Å²) in [5, 5.41) is 14.5. The Balaban J connectivity index is 2.99. The van der Waals surface area contributed by atoms with Crippen LogP contribution in [0.2, 0.25) is 5.15 Å². The highest BCUT2D eigenvalue weighted by atomic mass is 35.5. The second-order valence-corrected chi connectivity index (χ2v) is 2.34. The van der Waals surface area contributed by atoms with Gasteiger partial charge >= 0.3 is 5.97 Å². The second-order valence-electron chi connectivity index (χ2n) is 1.95. The molecule has 1 rings (SSSR count). The van der Waals surface area contributed by atoms with Gasteiger partial charge in [-0.1, -0.05) is 21.9 Å². The second kappa shape index (κ2) is 3.90. The Bertz CT molecular complexity index is 346. The summed E-state index contributed by atoms with van der Waals surface area (Å²) in [6.07, 6.45) is 0. The van der Waals surface area contributed by atoms with Gasteiger partial charge in [-0.3, -0.25) is 0 Å². The minimum Gasteiger partial charge on any atom is -0.464 e. The molecule has 0 saturated heterocycles. The molecule has 13 heavy (non-hydrogen) atoms. The van der Waals surface area contributed by atoms with Crippen LogP contribution in [0.3, 0.4) is 0 Å². The number of ether oxygens (including phenoxy) is 1. The summed E-state index contributed by atoms with van der Waals surface area (Å²) in [6.45, 7) is 0. The Kier molecular flexibility index (Phi) is 2.86. The summed E-state index contributed by atoms with van der Waals surface area (Å²) in [7, 11) is 1.14. The first-order valence-electron chi connectivity index (χ1n) is 3.12. The summed E-state index contributed by atoms with van der Waals surface area (Å²) in [6, 6.07) is 1.23. The molecule has 0 amide bonds. The van der Waals surface area contributed by atoms with E-state index >= 15 is 0 Å². The van der Waals surface area contributed by atoms with Crippen molar-refractivity contribution >= 4 is 23.3 Å². The number of hydrogen-bond donors (Lipinski definition) is 1. The molecule has 0 bridgehead atoms. The van der Waals surface area contributed by atoms with Crippen LogP contribution in [0.15, 0.2) is 15.7 Å². The molecule has 0 aliphatic carbocycles. The smallest absolute Gasteiger partial charge is 0.364 e. The van der Waals surface area contributed by atoms with Gasteiger partial charge in [-0.15, -0.1) is 0 Å². The lowest BCUT2D eigenvalue weighted by Gasteiger charge is -1.95. The van der Waals surface area contributed by atoms with Gasteiger partial charge in [-0.05, 0) is 0 Å². The van der Waals surface area contributed by atoms with Gasteiger partial charge < -0.3 is 14.5 Å². The molecule has 7 heteroatoms. The molecule has 0 unspecified atom stereocenters. The monoisotopic (exact) mass is 204 g/mol. The minimum absolute atomic E-state index is 0.0556. The van der Waals surface area contributed by atoms with Crippen molar-refractivity contribution in [2.45, 2.75) is 0 Å². The lowest BCUT2D eigenvalue weighted by atomic mass is 10.3. The maximum atomic E-state index is 10.9. The van der Waals surface area contributed by atoms with Crippen LogP contribution in [-0.4, -0.2) is 29.2 Å². The van der Waals surface area contributed by atoms with Crippen LogP contribution in [0, 0.1) is 0 Å². The third-order valence-electron chi connectivity index (χ3n) is 1.19. The van der Waals surface area contributed by atoms with Crippen molar-refractivity contribution in [2.24, 2.45) is 5.16 Å². The molecule has 0 aromatic carbocycles. The van der Waals surface area contributed by atoms with Crippen molar-refractivity contribution < 1.29 is 19.3 Å². The zero-order valence-electron chi connectivity index (χ0n) is 6.52. The van der Waals surface area contributed by atoms with Crippen molar-refractivity contribution in [3.63, 3.8) is 0 Å². The molecule has 0 aliphatic heterocycles. The summed E-state index contributed by atoms with van der Waals surface area (Å²) < 4.78 is 8.87. The number of oxime groups is 1. The number of hydrogen-bond acceptors (Lipinski definition) is 6. The Morgan fingerprint density at radius 1 is 1.85 bits per heavy atom. The SMILES string of the molecule is COC(=O)/C(=N\O)c1cc(Cl)no1. The molecule has 0 fully saturated rings. The molecule has 1 N–H and O–H groups in total. The van der Waals surface area contributed by atoms with E-state index in [1.54, 1.807) is 0 Å². The van der Waals surface area contributed by atoms with Crippen LogP contribution in [-0.2, 0) is 9.53 Å². The number of rotatable bonds is 2. The fourth-order valence-corrected chi connectivity index (χ4v) is 0.786. The molecule has 0 radical (unpaired) electrons. The van der Waals surface area contributed by atoms with E-state index in [0.29, 0.717) is 0 Å². The van der Waals surface area contributed by atoms with Gasteiger partial charge in [0.15, 0.2) is 10.9 Å². The number of esters is 1. The van der Waals surface area contributed by atoms with Crippen LogP contribution in [0.4, 0.5) is 0 Å². The molecular weight excluding hydrogens is 200 g/mol. The third-order valence-corrected chi connectivity index (χ3v) is 1.37. The standard InChI is InChI=1S/C6H5ClN2O4/c1-12-6(10)5(8-11)3-2-4(7)9-13-3/h2,11H,1H3/b8-5-. The van der Waals surface area contributed by atoms with E-state index in [2.05, 4.69) is 19.6 Å². The Morgan fingerprint density at radius 2 is 2.54 bits per heavy atom. The third kappa shape index (κ3) is 1.97. The number of halogens is 1. The molecule has 0 saturated carbocycles. The Labute approximate surface area is 77.7 Å². The van der Waals surface area contributed by atoms with Gasteiger partial charge in [-0.25, -0.2) is 4.79 Å². The molecule has 0 spiro atoms. The number of aromatic nitrogens is 1. The summed E-state index contributed by atoms with van der Waals surface area (Å²) in [5.41, 5.74) is -0.387. The van der Waals surface area contributed by atoms with Crippen molar-refractivity contribution in [1.29, 1.82) is 0 Å². The molecule has 70 valence electrons. The highest BCUT2D eigenvalue weighted by Crippen LogP contribution is 2.10.